The second kappa shape index (κ2) is 6.76. The van der Waals surface area contributed by atoms with Crippen molar-refractivity contribution < 1.29 is 23.8 Å². The number of likely N-dealkylation sites (N-methyl/N-ethyl adjacent to an activating group) is 1. The highest BCUT2D eigenvalue weighted by molar-refractivity contribution is 8.18. The van der Waals surface area contributed by atoms with Crippen LogP contribution < -0.4 is 14.2 Å². The highest BCUT2D eigenvalue weighted by Crippen LogP contribution is 2.33. The minimum absolute atomic E-state index is 0.249. The number of nitrogens with zero attached hydrogens (tertiary/aromatic N) is 1. The largest absolute Gasteiger partial charge is 0.489 e. The lowest BCUT2D eigenvalue weighted by atomic mass is 10.2. The highest BCUT2D eigenvalue weighted by atomic mass is 32.2. The molecule has 0 N–H and O–H groups in total. The van der Waals surface area contributed by atoms with Crippen LogP contribution in [0.3, 0.4) is 0 Å². The van der Waals surface area contributed by atoms with Crippen LogP contribution in [0, 0.1) is 0 Å². The molecule has 7 heteroatoms. The summed E-state index contributed by atoms with van der Waals surface area (Å²) in [6, 6.07) is 13.0. The molecule has 0 spiro atoms. The van der Waals surface area contributed by atoms with Gasteiger partial charge < -0.3 is 14.2 Å². The predicted octanol–water partition coefficient (Wildman–Crippen LogP) is 3.66. The molecule has 2 heterocycles. The first-order valence-electron chi connectivity index (χ1n) is 7.93. The first kappa shape index (κ1) is 16.5. The van der Waals surface area contributed by atoms with Gasteiger partial charge in [-0.3, -0.25) is 14.5 Å². The van der Waals surface area contributed by atoms with E-state index in [0.29, 0.717) is 17.3 Å². The third-order valence-corrected chi connectivity index (χ3v) is 4.97. The third-order valence-electron chi connectivity index (χ3n) is 4.01. The van der Waals surface area contributed by atoms with Crippen molar-refractivity contribution >= 4 is 29.0 Å². The van der Waals surface area contributed by atoms with Gasteiger partial charge in [0.25, 0.3) is 11.1 Å². The Balaban J connectivity index is 1.40. The average Bonchev–Trinajstić information content (AvgIpc) is 3.21. The Bertz CT molecular complexity index is 907. The number of fused-ring (bicyclic) bond motifs is 1. The number of ether oxygens (including phenoxy) is 3. The average molecular weight is 369 g/mol. The Morgan fingerprint density at radius 2 is 1.88 bits per heavy atom. The Labute approximate surface area is 154 Å². The molecule has 6 nitrogen and oxygen atoms in total. The van der Waals surface area contributed by atoms with Crippen LogP contribution >= 0.6 is 11.8 Å². The van der Waals surface area contributed by atoms with Crippen LogP contribution in [0.15, 0.2) is 47.4 Å². The molecule has 2 aromatic rings. The molecule has 0 aliphatic carbocycles. The van der Waals surface area contributed by atoms with Gasteiger partial charge in [-0.2, -0.15) is 0 Å². The molecule has 0 bridgehead atoms. The first-order valence-corrected chi connectivity index (χ1v) is 8.75. The molecule has 0 radical (unpaired) electrons. The summed E-state index contributed by atoms with van der Waals surface area (Å²) < 4.78 is 16.4. The lowest BCUT2D eigenvalue weighted by molar-refractivity contribution is -0.121. The standard InChI is InChI=1S/C19H15NO5S/c1-20-18(21)17(26-19(20)22)9-12-2-5-14(6-3-12)23-10-13-4-7-15-16(8-13)25-11-24-15/h2-9H,10-11H2,1H3/b17-9-. The fraction of sp³-hybridized carbons (Fsp3) is 0.158. The minimum atomic E-state index is -0.275. The number of rotatable bonds is 4. The molecule has 2 aliphatic rings. The molecule has 2 aliphatic heterocycles. The van der Waals surface area contributed by atoms with E-state index >= 15 is 0 Å². The molecule has 132 valence electrons. The zero-order valence-corrected chi connectivity index (χ0v) is 14.7. The van der Waals surface area contributed by atoms with Crippen molar-refractivity contribution in [1.82, 2.24) is 4.90 Å². The van der Waals surface area contributed by atoms with Crippen LogP contribution in [0.2, 0.25) is 0 Å². The van der Waals surface area contributed by atoms with Crippen LogP contribution in [0.4, 0.5) is 4.79 Å². The second-order valence-corrected chi connectivity index (χ2v) is 6.78. The molecule has 26 heavy (non-hydrogen) atoms. The van der Waals surface area contributed by atoms with Gasteiger partial charge in [-0.05, 0) is 53.2 Å². The normalized spacial score (nSPS) is 17.3. The summed E-state index contributed by atoms with van der Waals surface area (Å²) in [6.07, 6.45) is 1.70. The molecule has 0 aromatic heterocycles. The van der Waals surface area contributed by atoms with Crippen LogP contribution in [0.25, 0.3) is 6.08 Å². The quantitative estimate of drug-likeness (QED) is 0.767. The molecule has 2 aromatic carbocycles. The van der Waals surface area contributed by atoms with Gasteiger partial charge in [0.05, 0.1) is 4.91 Å². The van der Waals surface area contributed by atoms with Crippen LogP contribution in [0.1, 0.15) is 11.1 Å². The van der Waals surface area contributed by atoms with Crippen molar-refractivity contribution in [3.63, 3.8) is 0 Å². The molecular formula is C19H15NO5S. The number of benzene rings is 2. The lowest BCUT2D eigenvalue weighted by Gasteiger charge is -2.07. The summed E-state index contributed by atoms with van der Waals surface area (Å²) in [4.78, 5) is 25.0. The Morgan fingerprint density at radius 1 is 1.12 bits per heavy atom. The van der Waals surface area contributed by atoms with Gasteiger partial charge in [-0.15, -0.1) is 0 Å². The van der Waals surface area contributed by atoms with Gasteiger partial charge >= 0.3 is 0 Å². The number of hydrogen-bond acceptors (Lipinski definition) is 6. The summed E-state index contributed by atoms with van der Waals surface area (Å²) in [7, 11) is 1.48. The molecule has 1 fully saturated rings. The molecule has 0 saturated carbocycles. The monoisotopic (exact) mass is 369 g/mol. The number of thioether (sulfide) groups is 1. The van der Waals surface area contributed by atoms with E-state index in [4.69, 9.17) is 14.2 Å². The Hall–Kier alpha value is -2.93. The molecule has 0 unspecified atom stereocenters. The maximum atomic E-state index is 11.9. The van der Waals surface area contributed by atoms with Crippen molar-refractivity contribution in [3.05, 3.63) is 58.5 Å². The van der Waals surface area contributed by atoms with Crippen molar-refractivity contribution in [2.75, 3.05) is 13.8 Å². The van der Waals surface area contributed by atoms with Crippen LogP contribution in [-0.2, 0) is 11.4 Å². The predicted molar refractivity (Wildman–Crippen MR) is 97.1 cm³/mol. The number of amides is 2. The Kier molecular flexibility index (Phi) is 4.30. The van der Waals surface area contributed by atoms with Crippen molar-refractivity contribution in [2.24, 2.45) is 0 Å². The zero-order chi connectivity index (χ0) is 18.1. The summed E-state index contributed by atoms with van der Waals surface area (Å²) >= 11 is 0.943. The van der Waals surface area contributed by atoms with E-state index in [9.17, 15) is 9.59 Å². The summed E-state index contributed by atoms with van der Waals surface area (Å²) in [5, 5.41) is -0.259. The number of carbonyl (C=O) groups excluding carboxylic acids is 2. The van der Waals surface area contributed by atoms with Gasteiger partial charge in [0.2, 0.25) is 6.79 Å². The van der Waals surface area contributed by atoms with Crippen LogP contribution in [0.5, 0.6) is 17.2 Å². The molecule has 1 saturated heterocycles. The first-order chi connectivity index (χ1) is 12.6. The SMILES string of the molecule is CN1C(=O)S/C(=C\c2ccc(OCc3ccc4c(c3)OCO4)cc2)C1=O. The van der Waals surface area contributed by atoms with Gasteiger partial charge in [-0.1, -0.05) is 18.2 Å². The van der Waals surface area contributed by atoms with Crippen molar-refractivity contribution in [2.45, 2.75) is 6.61 Å². The van der Waals surface area contributed by atoms with Gasteiger partial charge in [0.15, 0.2) is 11.5 Å². The number of carbonyl (C=O) groups is 2. The zero-order valence-electron chi connectivity index (χ0n) is 13.9. The fourth-order valence-electron chi connectivity index (χ4n) is 2.55. The Morgan fingerprint density at radius 3 is 2.62 bits per heavy atom. The van der Waals surface area contributed by atoms with E-state index in [1.807, 2.05) is 42.5 Å². The number of imide groups is 1. The summed E-state index contributed by atoms with van der Waals surface area (Å²) in [5.74, 6) is 1.91. The summed E-state index contributed by atoms with van der Waals surface area (Å²) in [5.41, 5.74) is 1.81. The van der Waals surface area contributed by atoms with Gasteiger partial charge in [-0.25, -0.2) is 0 Å². The molecule has 4 rings (SSSR count). The minimum Gasteiger partial charge on any atom is -0.489 e. The lowest BCUT2D eigenvalue weighted by Crippen LogP contribution is -2.22. The van der Waals surface area contributed by atoms with E-state index in [2.05, 4.69) is 0 Å². The van der Waals surface area contributed by atoms with Crippen molar-refractivity contribution in [3.8, 4) is 17.2 Å². The smallest absolute Gasteiger partial charge is 0.293 e. The van der Waals surface area contributed by atoms with E-state index in [1.165, 1.54) is 7.05 Å². The number of hydrogen-bond donors (Lipinski definition) is 0. The molecular weight excluding hydrogens is 354 g/mol. The highest BCUT2D eigenvalue weighted by Gasteiger charge is 2.31. The van der Waals surface area contributed by atoms with Gasteiger partial charge in [0, 0.05) is 7.05 Å². The topological polar surface area (TPSA) is 65.1 Å². The van der Waals surface area contributed by atoms with Crippen LogP contribution in [-0.4, -0.2) is 29.9 Å². The van der Waals surface area contributed by atoms with E-state index in [0.717, 1.165) is 39.3 Å². The molecule has 2 amide bonds. The maximum Gasteiger partial charge on any atom is 0.293 e. The molecule has 0 atom stereocenters. The van der Waals surface area contributed by atoms with Gasteiger partial charge in [0.1, 0.15) is 12.4 Å². The fourth-order valence-corrected chi connectivity index (χ4v) is 3.38. The third kappa shape index (κ3) is 3.25. The maximum absolute atomic E-state index is 11.9. The summed E-state index contributed by atoms with van der Waals surface area (Å²) in [6.45, 7) is 0.656. The van der Waals surface area contributed by atoms with Crippen molar-refractivity contribution in [1.29, 1.82) is 0 Å². The van der Waals surface area contributed by atoms with E-state index in [1.54, 1.807) is 6.08 Å². The van der Waals surface area contributed by atoms with E-state index < -0.39 is 0 Å². The van der Waals surface area contributed by atoms with E-state index in [-0.39, 0.29) is 17.9 Å². The second-order valence-electron chi connectivity index (χ2n) is 5.79.